The first kappa shape index (κ1) is 20.4. The summed E-state index contributed by atoms with van der Waals surface area (Å²) in [7, 11) is -3.66. The summed E-state index contributed by atoms with van der Waals surface area (Å²) in [6, 6.07) is 3.95. The Morgan fingerprint density at radius 3 is 2.43 bits per heavy atom. The molecule has 2 aliphatic rings. The Hall–Kier alpha value is -2.37. The van der Waals surface area contributed by atoms with Crippen molar-refractivity contribution in [3.8, 4) is 0 Å². The van der Waals surface area contributed by atoms with E-state index < -0.39 is 22.0 Å². The van der Waals surface area contributed by atoms with E-state index in [1.165, 1.54) is 10.4 Å². The Morgan fingerprint density at radius 2 is 1.79 bits per heavy atom. The molecule has 0 aliphatic carbocycles. The zero-order chi connectivity index (χ0) is 20.1. The van der Waals surface area contributed by atoms with E-state index in [2.05, 4.69) is 10.2 Å². The zero-order valence-corrected chi connectivity index (χ0v) is 16.3. The monoisotopic (exact) mass is 411 g/mol. The van der Waals surface area contributed by atoms with Gasteiger partial charge in [0.1, 0.15) is 0 Å². The predicted molar refractivity (Wildman–Crippen MR) is 104 cm³/mol. The molecule has 1 aromatic carbocycles. The summed E-state index contributed by atoms with van der Waals surface area (Å²) in [5, 5.41) is 4.92. The molecule has 11 heteroatoms. The molecule has 154 valence electrons. The van der Waals surface area contributed by atoms with Crippen LogP contribution in [0.15, 0.2) is 23.1 Å². The molecule has 0 spiro atoms. The van der Waals surface area contributed by atoms with E-state index in [-0.39, 0.29) is 11.4 Å². The van der Waals surface area contributed by atoms with Gasteiger partial charge < -0.3 is 20.7 Å². The molecule has 10 nitrogen and oxygen atoms in total. The van der Waals surface area contributed by atoms with Crippen LogP contribution >= 0.6 is 0 Å². The topological polar surface area (TPSA) is 134 Å². The van der Waals surface area contributed by atoms with Gasteiger partial charge in [0, 0.05) is 26.2 Å². The third-order valence-corrected chi connectivity index (χ3v) is 6.62. The molecule has 0 aromatic heterocycles. The van der Waals surface area contributed by atoms with Crippen molar-refractivity contribution in [1.29, 1.82) is 0 Å². The van der Waals surface area contributed by atoms with Gasteiger partial charge in [-0.1, -0.05) is 0 Å². The summed E-state index contributed by atoms with van der Waals surface area (Å²) in [4.78, 5) is 24.9. The number of amides is 3. The molecule has 0 unspecified atom stereocenters. The van der Waals surface area contributed by atoms with Crippen LogP contribution in [0.1, 0.15) is 12.8 Å². The maximum Gasteiger partial charge on any atom is 0.318 e. The van der Waals surface area contributed by atoms with Gasteiger partial charge in [-0.05, 0) is 31.0 Å². The number of urea groups is 1. The maximum absolute atomic E-state index is 12.9. The molecule has 0 saturated carbocycles. The molecule has 4 N–H and O–H groups in total. The maximum atomic E-state index is 12.9. The van der Waals surface area contributed by atoms with Crippen LogP contribution in [0.25, 0.3) is 0 Å². The number of ether oxygens (including phenoxy) is 1. The second-order valence-corrected chi connectivity index (χ2v) is 8.59. The summed E-state index contributed by atoms with van der Waals surface area (Å²) in [5.41, 5.74) is 6.30. The van der Waals surface area contributed by atoms with Crippen LogP contribution in [0.4, 0.5) is 16.2 Å². The van der Waals surface area contributed by atoms with Crippen LogP contribution in [0.2, 0.25) is 0 Å². The number of hydrogen-bond acceptors (Lipinski definition) is 7. The van der Waals surface area contributed by atoms with Gasteiger partial charge in [0.25, 0.3) is 0 Å². The number of anilines is 2. The average Bonchev–Trinajstić information content (AvgIpc) is 3.21. The number of carbonyl (C=O) groups is 2. The molecule has 2 fully saturated rings. The van der Waals surface area contributed by atoms with E-state index >= 15 is 0 Å². The number of nitrogens with one attached hydrogen (secondary N) is 2. The van der Waals surface area contributed by atoms with Crippen molar-refractivity contribution >= 4 is 33.3 Å². The third kappa shape index (κ3) is 4.72. The van der Waals surface area contributed by atoms with Crippen LogP contribution in [0.3, 0.4) is 0 Å². The van der Waals surface area contributed by atoms with E-state index in [4.69, 9.17) is 10.5 Å². The van der Waals surface area contributed by atoms with Gasteiger partial charge in [-0.3, -0.25) is 10.1 Å². The molecule has 1 aromatic rings. The van der Waals surface area contributed by atoms with E-state index in [1.807, 2.05) is 5.32 Å². The fourth-order valence-corrected chi connectivity index (χ4v) is 4.78. The highest BCUT2D eigenvalue weighted by Gasteiger charge is 2.28. The average molecular weight is 411 g/mol. The Labute approximate surface area is 164 Å². The Morgan fingerprint density at radius 1 is 1.11 bits per heavy atom. The van der Waals surface area contributed by atoms with Crippen molar-refractivity contribution in [2.24, 2.45) is 5.73 Å². The van der Waals surface area contributed by atoms with Crippen LogP contribution in [-0.2, 0) is 19.6 Å². The van der Waals surface area contributed by atoms with Crippen molar-refractivity contribution in [2.45, 2.75) is 17.7 Å². The molecule has 0 radical (unpaired) electrons. The lowest BCUT2D eigenvalue weighted by atomic mass is 10.2. The normalized spacial score (nSPS) is 18.1. The van der Waals surface area contributed by atoms with Gasteiger partial charge in [0.2, 0.25) is 15.9 Å². The smallest absolute Gasteiger partial charge is 0.318 e. The Kier molecular flexibility index (Phi) is 6.37. The minimum absolute atomic E-state index is 0.148. The second-order valence-electron chi connectivity index (χ2n) is 6.66. The number of carbonyl (C=O) groups excluding carboxylic acids is 2. The minimum atomic E-state index is -3.66. The summed E-state index contributed by atoms with van der Waals surface area (Å²) in [6.45, 7) is 2.85. The lowest BCUT2D eigenvalue weighted by Crippen LogP contribution is -2.40. The van der Waals surface area contributed by atoms with Crippen LogP contribution < -0.4 is 21.3 Å². The number of imide groups is 1. The van der Waals surface area contributed by atoms with Gasteiger partial charge in [0.05, 0.1) is 36.0 Å². The lowest BCUT2D eigenvalue weighted by molar-refractivity contribution is -0.118. The van der Waals surface area contributed by atoms with Gasteiger partial charge >= 0.3 is 6.03 Å². The first-order chi connectivity index (χ1) is 13.4. The summed E-state index contributed by atoms with van der Waals surface area (Å²) >= 11 is 0. The molecule has 2 saturated heterocycles. The van der Waals surface area contributed by atoms with Crippen LogP contribution in [0.5, 0.6) is 0 Å². The minimum Gasteiger partial charge on any atom is -0.379 e. The molecule has 0 atom stereocenters. The lowest BCUT2D eigenvalue weighted by Gasteiger charge is -2.27. The van der Waals surface area contributed by atoms with E-state index in [0.717, 1.165) is 31.6 Å². The number of nitrogens with two attached hydrogens (primary N) is 1. The molecule has 3 amide bonds. The Balaban J connectivity index is 1.86. The molecule has 0 bridgehead atoms. The number of morpholine rings is 1. The van der Waals surface area contributed by atoms with Crippen molar-refractivity contribution in [1.82, 2.24) is 9.62 Å². The van der Waals surface area contributed by atoms with E-state index in [9.17, 15) is 18.0 Å². The highest BCUT2D eigenvalue weighted by molar-refractivity contribution is 7.89. The number of nitrogens with zero attached hydrogens (tertiary/aromatic N) is 2. The van der Waals surface area contributed by atoms with Crippen molar-refractivity contribution < 1.29 is 22.7 Å². The number of benzene rings is 1. The van der Waals surface area contributed by atoms with Gasteiger partial charge in [-0.25, -0.2) is 13.2 Å². The summed E-state index contributed by atoms with van der Waals surface area (Å²) < 4.78 is 32.5. The molecular formula is C17H25N5O5S. The molecule has 2 aliphatic heterocycles. The quantitative estimate of drug-likeness (QED) is 0.596. The highest BCUT2D eigenvalue weighted by atomic mass is 32.2. The van der Waals surface area contributed by atoms with Crippen molar-refractivity contribution in [2.75, 3.05) is 56.2 Å². The van der Waals surface area contributed by atoms with Crippen molar-refractivity contribution in [3.63, 3.8) is 0 Å². The summed E-state index contributed by atoms with van der Waals surface area (Å²) in [6.07, 6.45) is 2.10. The molecule has 2 heterocycles. The van der Waals surface area contributed by atoms with E-state index in [1.54, 1.807) is 12.1 Å². The SMILES string of the molecule is NC(=O)NC(=O)CNc1cc(S(=O)(=O)N2CCOCC2)ccc1N1CCCC1. The number of primary amides is 1. The van der Waals surface area contributed by atoms with Crippen molar-refractivity contribution in [3.05, 3.63) is 18.2 Å². The number of hydrogen-bond donors (Lipinski definition) is 3. The van der Waals surface area contributed by atoms with Gasteiger partial charge in [-0.2, -0.15) is 4.31 Å². The second kappa shape index (κ2) is 8.76. The predicted octanol–water partition coefficient (Wildman–Crippen LogP) is -0.0855. The Bertz CT molecular complexity index is 832. The van der Waals surface area contributed by atoms with Gasteiger partial charge in [-0.15, -0.1) is 0 Å². The van der Waals surface area contributed by atoms with Gasteiger partial charge in [0.15, 0.2) is 0 Å². The van der Waals surface area contributed by atoms with Crippen LogP contribution in [-0.4, -0.2) is 70.6 Å². The fourth-order valence-electron chi connectivity index (χ4n) is 3.34. The summed E-state index contributed by atoms with van der Waals surface area (Å²) in [5.74, 6) is -0.596. The van der Waals surface area contributed by atoms with E-state index in [0.29, 0.717) is 32.0 Å². The highest BCUT2D eigenvalue weighted by Crippen LogP contribution is 2.32. The first-order valence-electron chi connectivity index (χ1n) is 9.18. The first-order valence-corrected chi connectivity index (χ1v) is 10.6. The molecule has 3 rings (SSSR count). The third-order valence-electron chi connectivity index (χ3n) is 4.72. The largest absolute Gasteiger partial charge is 0.379 e. The standard InChI is InChI=1S/C17H25N5O5S/c18-17(24)20-16(23)12-19-14-11-13(3-4-15(14)21-5-1-2-6-21)28(25,26)22-7-9-27-10-8-22/h3-4,11,19H,1-2,5-10,12H2,(H3,18,20,23,24). The van der Waals surface area contributed by atoms with Crippen LogP contribution in [0, 0.1) is 0 Å². The molecule has 28 heavy (non-hydrogen) atoms. The molecular weight excluding hydrogens is 386 g/mol. The fraction of sp³-hybridized carbons (Fsp3) is 0.529. The number of rotatable bonds is 6. The zero-order valence-electron chi connectivity index (χ0n) is 15.5. The number of sulfonamides is 1.